The third-order valence-corrected chi connectivity index (χ3v) is 2.98. The molecule has 2 nitrogen and oxygen atoms in total. The number of nitrogen functional groups attached to an aromatic ring is 1. The van der Waals surface area contributed by atoms with E-state index in [1.54, 1.807) is 12.1 Å². The van der Waals surface area contributed by atoms with Gasteiger partial charge in [-0.1, -0.05) is 0 Å². The molecule has 1 saturated heterocycles. The zero-order chi connectivity index (χ0) is 11.6. The Kier molecular flexibility index (Phi) is 2.99. The first-order valence-electron chi connectivity index (χ1n) is 5.55. The fourth-order valence-corrected chi connectivity index (χ4v) is 2.01. The van der Waals surface area contributed by atoms with Crippen LogP contribution >= 0.6 is 0 Å². The van der Waals surface area contributed by atoms with E-state index in [9.17, 15) is 8.78 Å². The summed E-state index contributed by atoms with van der Waals surface area (Å²) in [5, 5.41) is 0. The van der Waals surface area contributed by atoms with Crippen molar-refractivity contribution < 1.29 is 8.78 Å². The first-order chi connectivity index (χ1) is 7.57. The molecule has 0 bridgehead atoms. The summed E-state index contributed by atoms with van der Waals surface area (Å²) in [6.45, 7) is 1.11. The third-order valence-electron chi connectivity index (χ3n) is 2.98. The Balaban J connectivity index is 2.08. The second-order valence-corrected chi connectivity index (χ2v) is 4.29. The van der Waals surface area contributed by atoms with E-state index in [0.717, 1.165) is 5.69 Å². The Morgan fingerprint density at radius 2 is 1.75 bits per heavy atom. The van der Waals surface area contributed by atoms with Gasteiger partial charge in [-0.2, -0.15) is 0 Å². The molecule has 2 rings (SSSR count). The first-order valence-corrected chi connectivity index (χ1v) is 5.55. The number of hydrogen-bond acceptors (Lipinski definition) is 2. The van der Waals surface area contributed by atoms with Gasteiger partial charge in [0.25, 0.3) is 0 Å². The topological polar surface area (TPSA) is 29.3 Å². The summed E-state index contributed by atoms with van der Waals surface area (Å²) in [5.74, 6) is -2.50. The average Bonchev–Trinajstić information content (AvgIpc) is 2.41. The van der Waals surface area contributed by atoms with Gasteiger partial charge in [0.2, 0.25) is 5.92 Å². The van der Waals surface area contributed by atoms with Gasteiger partial charge < -0.3 is 10.6 Å². The van der Waals surface area contributed by atoms with Gasteiger partial charge in [-0.15, -0.1) is 0 Å². The summed E-state index contributed by atoms with van der Waals surface area (Å²) in [7, 11) is 0. The van der Waals surface area contributed by atoms with Crippen LogP contribution in [0.5, 0.6) is 0 Å². The van der Waals surface area contributed by atoms with Gasteiger partial charge in [0.1, 0.15) is 0 Å². The van der Waals surface area contributed by atoms with Gasteiger partial charge in [-0.25, -0.2) is 8.78 Å². The highest BCUT2D eigenvalue weighted by Gasteiger charge is 2.31. The maximum absolute atomic E-state index is 13.2. The molecular weight excluding hydrogens is 210 g/mol. The van der Waals surface area contributed by atoms with Gasteiger partial charge >= 0.3 is 0 Å². The van der Waals surface area contributed by atoms with Crippen molar-refractivity contribution in [3.63, 3.8) is 0 Å². The van der Waals surface area contributed by atoms with Crippen molar-refractivity contribution in [3.8, 4) is 0 Å². The predicted molar refractivity (Wildman–Crippen MR) is 61.9 cm³/mol. The standard InChI is InChI=1S/C12H16F2N2/c13-12(14)6-1-8-16(9-7-12)11-4-2-10(15)3-5-11/h2-5H,1,6-9,15H2. The Bertz CT molecular complexity index is 349. The Morgan fingerprint density at radius 3 is 2.44 bits per heavy atom. The summed E-state index contributed by atoms with van der Waals surface area (Å²) < 4.78 is 26.3. The van der Waals surface area contributed by atoms with Crippen LogP contribution in [0.4, 0.5) is 20.2 Å². The number of halogens is 2. The molecule has 0 aromatic heterocycles. The molecule has 88 valence electrons. The molecule has 2 N–H and O–H groups in total. The normalized spacial score (nSPS) is 20.5. The summed E-state index contributed by atoms with van der Waals surface area (Å²) in [4.78, 5) is 2.00. The second-order valence-electron chi connectivity index (χ2n) is 4.29. The summed E-state index contributed by atoms with van der Waals surface area (Å²) in [6, 6.07) is 7.38. The highest BCUT2D eigenvalue weighted by molar-refractivity contribution is 5.53. The van der Waals surface area contributed by atoms with Gasteiger partial charge in [0.15, 0.2) is 0 Å². The van der Waals surface area contributed by atoms with Crippen molar-refractivity contribution in [2.45, 2.75) is 25.2 Å². The molecule has 0 saturated carbocycles. The Labute approximate surface area is 94.0 Å². The lowest BCUT2D eigenvalue weighted by atomic mass is 10.1. The van der Waals surface area contributed by atoms with Crippen LogP contribution in [0.3, 0.4) is 0 Å². The molecule has 4 heteroatoms. The Morgan fingerprint density at radius 1 is 1.06 bits per heavy atom. The first kappa shape index (κ1) is 11.2. The van der Waals surface area contributed by atoms with E-state index in [-0.39, 0.29) is 12.8 Å². The number of nitrogens with two attached hydrogens (primary N) is 1. The zero-order valence-corrected chi connectivity index (χ0v) is 9.13. The van der Waals surface area contributed by atoms with Gasteiger partial charge in [0, 0.05) is 37.3 Å². The molecule has 1 heterocycles. The smallest absolute Gasteiger partial charge is 0.249 e. The molecule has 1 fully saturated rings. The van der Waals surface area contributed by atoms with Crippen LogP contribution in [0.1, 0.15) is 19.3 Å². The summed E-state index contributed by atoms with van der Waals surface area (Å²) >= 11 is 0. The third kappa shape index (κ3) is 2.62. The Hall–Kier alpha value is -1.32. The molecule has 1 aliphatic heterocycles. The maximum atomic E-state index is 13.2. The summed E-state index contributed by atoms with van der Waals surface area (Å²) in [6.07, 6.45) is 0.479. The van der Waals surface area contributed by atoms with E-state index >= 15 is 0 Å². The van der Waals surface area contributed by atoms with Crippen molar-refractivity contribution in [2.24, 2.45) is 0 Å². The van der Waals surface area contributed by atoms with Gasteiger partial charge in [-0.3, -0.25) is 0 Å². The molecule has 1 aromatic carbocycles. The minimum absolute atomic E-state index is 0.00152. The lowest BCUT2D eigenvalue weighted by molar-refractivity contribution is -0.0102. The van der Waals surface area contributed by atoms with Crippen molar-refractivity contribution in [1.29, 1.82) is 0 Å². The largest absolute Gasteiger partial charge is 0.399 e. The number of hydrogen-bond donors (Lipinski definition) is 1. The van der Waals surface area contributed by atoms with Crippen LogP contribution in [-0.2, 0) is 0 Å². The number of anilines is 2. The highest BCUT2D eigenvalue weighted by atomic mass is 19.3. The van der Waals surface area contributed by atoms with Crippen molar-refractivity contribution in [3.05, 3.63) is 24.3 Å². The van der Waals surface area contributed by atoms with Crippen LogP contribution in [0.15, 0.2) is 24.3 Å². The quantitative estimate of drug-likeness (QED) is 0.746. The molecule has 0 atom stereocenters. The minimum atomic E-state index is -2.50. The molecule has 0 unspecified atom stereocenters. The second kappa shape index (κ2) is 4.28. The molecule has 1 aliphatic rings. The molecule has 0 amide bonds. The highest BCUT2D eigenvalue weighted by Crippen LogP contribution is 2.30. The van der Waals surface area contributed by atoms with E-state index in [4.69, 9.17) is 5.73 Å². The van der Waals surface area contributed by atoms with Crippen LogP contribution in [0.2, 0.25) is 0 Å². The fourth-order valence-electron chi connectivity index (χ4n) is 2.01. The molecular formula is C12H16F2N2. The van der Waals surface area contributed by atoms with E-state index in [1.165, 1.54) is 0 Å². The lowest BCUT2D eigenvalue weighted by Crippen LogP contribution is -2.25. The average molecular weight is 226 g/mol. The molecule has 1 aromatic rings. The lowest BCUT2D eigenvalue weighted by Gasteiger charge is -2.22. The van der Waals surface area contributed by atoms with E-state index in [2.05, 4.69) is 0 Å². The van der Waals surface area contributed by atoms with Crippen molar-refractivity contribution in [2.75, 3.05) is 23.7 Å². The fraction of sp³-hybridized carbons (Fsp3) is 0.500. The molecule has 0 aliphatic carbocycles. The molecule has 16 heavy (non-hydrogen) atoms. The van der Waals surface area contributed by atoms with Crippen LogP contribution in [-0.4, -0.2) is 19.0 Å². The van der Waals surface area contributed by atoms with Crippen LogP contribution < -0.4 is 10.6 Å². The van der Waals surface area contributed by atoms with Crippen LogP contribution in [0.25, 0.3) is 0 Å². The summed E-state index contributed by atoms with van der Waals surface area (Å²) in [5.41, 5.74) is 7.27. The molecule has 0 spiro atoms. The maximum Gasteiger partial charge on any atom is 0.249 e. The zero-order valence-electron chi connectivity index (χ0n) is 9.13. The van der Waals surface area contributed by atoms with Gasteiger partial charge in [0.05, 0.1) is 0 Å². The van der Waals surface area contributed by atoms with E-state index in [1.807, 2.05) is 17.0 Å². The van der Waals surface area contributed by atoms with Crippen molar-refractivity contribution in [1.82, 2.24) is 0 Å². The predicted octanol–water partition coefficient (Wildman–Crippen LogP) is 2.89. The van der Waals surface area contributed by atoms with Crippen molar-refractivity contribution >= 4 is 11.4 Å². The SMILES string of the molecule is Nc1ccc(N2CCCC(F)(F)CC2)cc1. The number of alkyl halides is 2. The van der Waals surface area contributed by atoms with Crippen LogP contribution in [0, 0.1) is 0 Å². The monoisotopic (exact) mass is 226 g/mol. The number of benzene rings is 1. The van der Waals surface area contributed by atoms with E-state index < -0.39 is 5.92 Å². The number of nitrogens with zero attached hydrogens (tertiary/aromatic N) is 1. The minimum Gasteiger partial charge on any atom is -0.399 e. The van der Waals surface area contributed by atoms with E-state index in [0.29, 0.717) is 25.2 Å². The molecule has 0 radical (unpaired) electrons. The number of rotatable bonds is 1. The van der Waals surface area contributed by atoms with Gasteiger partial charge in [-0.05, 0) is 30.7 Å².